The molecule has 2 atom stereocenters. The van der Waals surface area contributed by atoms with E-state index in [0.717, 1.165) is 0 Å². The number of alkyl halides is 3. The summed E-state index contributed by atoms with van der Waals surface area (Å²) in [6.45, 7) is 0. The first-order chi connectivity index (χ1) is 12.7. The number of rotatable bonds is 7. The maximum Gasteiger partial charge on any atom is 0.352 e. The Morgan fingerprint density at radius 2 is 2.30 bits per heavy atom. The van der Waals surface area contributed by atoms with Gasteiger partial charge in [0.1, 0.15) is 14.3 Å². The van der Waals surface area contributed by atoms with Gasteiger partial charge < -0.3 is 5.11 Å². The average Bonchev–Trinajstić information content (AvgIpc) is 3.03. The Balaban J connectivity index is 1.77. The third-order valence-electron chi connectivity index (χ3n) is 3.78. The van der Waals surface area contributed by atoms with Crippen molar-refractivity contribution < 1.29 is 14.7 Å². The van der Waals surface area contributed by atoms with Crippen LogP contribution >= 0.6 is 71.3 Å². The largest absolute Gasteiger partial charge is 0.477 e. The fourth-order valence-electron chi connectivity index (χ4n) is 2.50. The Morgan fingerprint density at radius 3 is 2.89 bits per heavy atom. The van der Waals surface area contributed by atoms with Crippen LogP contribution in [0.3, 0.4) is 0 Å². The molecule has 146 valence electrons. The van der Waals surface area contributed by atoms with Crippen LogP contribution in [0.15, 0.2) is 21.4 Å². The van der Waals surface area contributed by atoms with Gasteiger partial charge in [0.15, 0.2) is 6.04 Å². The summed E-state index contributed by atoms with van der Waals surface area (Å²) in [6.07, 6.45) is 1.61. The second-order valence-corrected chi connectivity index (χ2v) is 12.2. The number of amides is 1. The molecule has 2 aliphatic rings. The molecule has 0 aliphatic carbocycles. The Bertz CT molecular complexity index is 830. The van der Waals surface area contributed by atoms with Crippen molar-refractivity contribution in [2.75, 3.05) is 16.8 Å². The van der Waals surface area contributed by atoms with Gasteiger partial charge in [-0.05, 0) is 16.0 Å². The van der Waals surface area contributed by atoms with Crippen molar-refractivity contribution in [3.63, 3.8) is 0 Å². The van der Waals surface area contributed by atoms with Crippen molar-refractivity contribution in [3.05, 3.63) is 11.3 Å². The Morgan fingerprint density at radius 1 is 1.56 bits per heavy atom. The van der Waals surface area contributed by atoms with E-state index in [4.69, 9.17) is 0 Å². The van der Waals surface area contributed by atoms with Crippen LogP contribution in [-0.4, -0.2) is 79.8 Å². The number of aliphatic carboxylic acids is 1. The van der Waals surface area contributed by atoms with E-state index < -0.39 is 15.2 Å². The zero-order valence-corrected chi connectivity index (χ0v) is 20.1. The second-order valence-electron chi connectivity index (χ2n) is 5.66. The van der Waals surface area contributed by atoms with Crippen molar-refractivity contribution in [2.45, 2.75) is 19.8 Å². The lowest BCUT2D eigenvalue weighted by Crippen LogP contribution is -2.64. The van der Waals surface area contributed by atoms with Gasteiger partial charge in [0, 0.05) is 30.1 Å². The minimum absolute atomic E-state index is 0.0438. The number of carbonyl (C=O) groups excluding carboxylic acids is 1. The molecule has 0 unspecified atom stereocenters. The van der Waals surface area contributed by atoms with Crippen LogP contribution in [-0.2, 0) is 16.6 Å². The van der Waals surface area contributed by atoms with Gasteiger partial charge >= 0.3 is 5.97 Å². The number of carboxylic acid groups (broad SMARTS) is 1. The van der Waals surface area contributed by atoms with Gasteiger partial charge in [-0.2, -0.15) is 0 Å². The summed E-state index contributed by atoms with van der Waals surface area (Å²) in [5.41, 5.74) is 0.714. The molecule has 1 aromatic rings. The first kappa shape index (κ1) is 21.3. The van der Waals surface area contributed by atoms with Gasteiger partial charge in [0.2, 0.25) is 5.16 Å². The third-order valence-corrected chi connectivity index (χ3v) is 9.56. The maximum atomic E-state index is 12.6. The van der Waals surface area contributed by atoms with Gasteiger partial charge in [-0.25, -0.2) is 9.48 Å². The summed E-state index contributed by atoms with van der Waals surface area (Å²) in [5, 5.41) is 21.7. The number of thioether (sulfide) groups is 2. The van der Waals surface area contributed by atoms with Crippen LogP contribution in [0, 0.1) is 0 Å². The molecule has 0 saturated carbocycles. The molecule has 27 heavy (non-hydrogen) atoms. The molecular weight excluding hydrogens is 592 g/mol. The van der Waals surface area contributed by atoms with Crippen LogP contribution < -0.4 is 0 Å². The van der Waals surface area contributed by atoms with Crippen LogP contribution in [0.5, 0.6) is 0 Å². The molecule has 1 fully saturated rings. The first-order valence-corrected chi connectivity index (χ1v) is 12.2. The molecule has 3 rings (SSSR count). The summed E-state index contributed by atoms with van der Waals surface area (Å²) in [6, 6.07) is -0.588. The number of aromatic nitrogens is 4. The number of β-lactam (4-membered cyclic amide) rings is 1. The van der Waals surface area contributed by atoms with Gasteiger partial charge in [-0.15, -0.1) is 16.9 Å². The Hall–Kier alpha value is -0.440. The van der Waals surface area contributed by atoms with Crippen molar-refractivity contribution in [1.29, 1.82) is 0 Å². The molecule has 1 aromatic heterocycles. The zero-order chi connectivity index (χ0) is 19.8. The quantitative estimate of drug-likeness (QED) is 0.217. The highest BCUT2D eigenvalue weighted by molar-refractivity contribution is 9.26. The van der Waals surface area contributed by atoms with Crippen molar-refractivity contribution in [2.24, 2.45) is 12.0 Å². The number of hydrogen-bond donors (Lipinski definition) is 1. The number of aliphatic imine (C=N–C) groups is 1. The Kier molecular flexibility index (Phi) is 6.71. The molecule has 0 bridgehead atoms. The van der Waals surface area contributed by atoms with E-state index in [1.54, 1.807) is 13.3 Å². The van der Waals surface area contributed by atoms with Crippen molar-refractivity contribution in [1.82, 2.24) is 25.1 Å². The van der Waals surface area contributed by atoms with Crippen LogP contribution in [0.1, 0.15) is 0 Å². The van der Waals surface area contributed by atoms with E-state index in [-0.39, 0.29) is 17.0 Å². The van der Waals surface area contributed by atoms with E-state index in [1.807, 2.05) is 0 Å². The van der Waals surface area contributed by atoms with Gasteiger partial charge in [-0.1, -0.05) is 59.6 Å². The topological polar surface area (TPSA) is 114 Å². The second kappa shape index (κ2) is 8.51. The van der Waals surface area contributed by atoms with E-state index in [2.05, 4.69) is 68.3 Å². The van der Waals surface area contributed by atoms with E-state index in [0.29, 0.717) is 27.6 Å². The summed E-state index contributed by atoms with van der Waals surface area (Å²) >= 11 is 13.0. The maximum absolute atomic E-state index is 12.6. The number of nitrogens with zero attached hydrogens (tertiary/aromatic N) is 6. The molecule has 0 radical (unpaired) electrons. The number of halogens is 3. The Labute approximate surface area is 188 Å². The predicted octanol–water partition coefficient (Wildman–Crippen LogP) is 1.88. The normalized spacial score (nSPS) is 23.0. The SMILES string of the molecule is Cn1nnnc1SCC1=C(C(=O)O)N2C(=O)[C@@H](N=CC(Br)(Br)CBr)[C@@H]2SC1. The van der Waals surface area contributed by atoms with E-state index in [1.165, 1.54) is 33.1 Å². The predicted molar refractivity (Wildman–Crippen MR) is 114 cm³/mol. The minimum atomic E-state index is -1.11. The highest BCUT2D eigenvalue weighted by atomic mass is 79.9. The number of hydrogen-bond acceptors (Lipinski definition) is 8. The molecule has 2 aliphatic heterocycles. The van der Waals surface area contributed by atoms with E-state index >= 15 is 0 Å². The molecular formula is C13H13Br3N6O3S2. The van der Waals surface area contributed by atoms with Crippen LogP contribution in [0.2, 0.25) is 0 Å². The number of aryl methyl sites for hydroxylation is 1. The lowest BCUT2D eigenvalue weighted by Gasteiger charge is -2.47. The van der Waals surface area contributed by atoms with Crippen molar-refractivity contribution in [3.8, 4) is 0 Å². The molecule has 1 amide bonds. The van der Waals surface area contributed by atoms with E-state index in [9.17, 15) is 14.7 Å². The number of carboxylic acids is 1. The zero-order valence-electron chi connectivity index (χ0n) is 13.8. The third kappa shape index (κ3) is 4.43. The number of tetrazole rings is 1. The molecule has 0 spiro atoms. The van der Waals surface area contributed by atoms with Gasteiger partial charge in [0.25, 0.3) is 5.91 Å². The van der Waals surface area contributed by atoms with Crippen LogP contribution in [0.25, 0.3) is 0 Å². The molecule has 3 heterocycles. The lowest BCUT2D eigenvalue weighted by molar-refractivity contribution is -0.147. The highest BCUT2D eigenvalue weighted by Crippen LogP contribution is 2.43. The fourth-order valence-corrected chi connectivity index (χ4v) is 5.21. The van der Waals surface area contributed by atoms with Crippen LogP contribution in [0.4, 0.5) is 0 Å². The summed E-state index contributed by atoms with van der Waals surface area (Å²) in [7, 11) is 1.71. The summed E-state index contributed by atoms with van der Waals surface area (Å²) in [5.74, 6) is -0.525. The monoisotopic (exact) mass is 602 g/mol. The molecule has 1 saturated heterocycles. The summed E-state index contributed by atoms with van der Waals surface area (Å²) in [4.78, 5) is 30.1. The molecule has 0 aromatic carbocycles. The highest BCUT2D eigenvalue weighted by Gasteiger charge is 2.53. The minimum Gasteiger partial charge on any atom is -0.477 e. The molecule has 1 N–H and O–H groups in total. The lowest BCUT2D eigenvalue weighted by atomic mass is 10.0. The molecule has 14 heteroatoms. The number of fused-ring (bicyclic) bond motifs is 1. The standard InChI is InChI=1S/C13H13Br3N6O3S2/c1-21-12(18-19-20-21)27-3-6-2-26-10-7(17-5-13(15,16)4-14)9(23)22(10)8(6)11(24)25/h5,7,10H,2-4H2,1H3,(H,24,25)/t7-,10+/m1/s1. The summed E-state index contributed by atoms with van der Waals surface area (Å²) < 4.78 is 0.970. The fraction of sp³-hybridized carbons (Fsp3) is 0.538. The molecule has 9 nitrogen and oxygen atoms in total. The number of carbonyl (C=O) groups is 2. The van der Waals surface area contributed by atoms with Crippen molar-refractivity contribution >= 4 is 89.4 Å². The smallest absolute Gasteiger partial charge is 0.352 e. The first-order valence-electron chi connectivity index (χ1n) is 7.48. The van der Waals surface area contributed by atoms with Gasteiger partial charge in [0.05, 0.1) is 0 Å². The van der Waals surface area contributed by atoms with Gasteiger partial charge in [-0.3, -0.25) is 14.7 Å². The average molecular weight is 605 g/mol.